The van der Waals surface area contributed by atoms with Crippen molar-refractivity contribution in [3.63, 3.8) is 0 Å². The van der Waals surface area contributed by atoms with Crippen LogP contribution in [-0.4, -0.2) is 67.1 Å². The van der Waals surface area contributed by atoms with Crippen molar-refractivity contribution < 1.29 is 23.8 Å². The van der Waals surface area contributed by atoms with E-state index in [0.29, 0.717) is 39.1 Å². The molecule has 7 heteroatoms. The van der Waals surface area contributed by atoms with E-state index in [0.717, 1.165) is 12.8 Å². The number of rotatable bonds is 4. The predicted molar refractivity (Wildman–Crippen MR) is 93.4 cm³/mol. The Balaban J connectivity index is 1.70. The van der Waals surface area contributed by atoms with Crippen LogP contribution in [0.5, 0.6) is 0 Å². The van der Waals surface area contributed by atoms with Crippen LogP contribution < -0.4 is 5.32 Å². The van der Waals surface area contributed by atoms with E-state index in [2.05, 4.69) is 5.32 Å². The zero-order valence-electron chi connectivity index (χ0n) is 15.9. The SMILES string of the molecule is CC(C)(C)OC(=O)N1CCC(C)(OCC(=O)NC2CCOCC2)CC1. The lowest BCUT2D eigenvalue weighted by atomic mass is 9.93. The van der Waals surface area contributed by atoms with Crippen LogP contribution in [0.1, 0.15) is 53.4 Å². The summed E-state index contributed by atoms with van der Waals surface area (Å²) in [4.78, 5) is 25.9. The molecule has 2 amide bonds. The third-order valence-corrected chi connectivity index (χ3v) is 4.61. The summed E-state index contributed by atoms with van der Waals surface area (Å²) in [5.41, 5.74) is -0.873. The Labute approximate surface area is 150 Å². The van der Waals surface area contributed by atoms with Crippen LogP contribution in [0.25, 0.3) is 0 Å². The van der Waals surface area contributed by atoms with Crippen LogP contribution in [0.2, 0.25) is 0 Å². The Bertz CT molecular complexity index is 461. The summed E-state index contributed by atoms with van der Waals surface area (Å²) in [6.07, 6.45) is 2.81. The van der Waals surface area contributed by atoms with Gasteiger partial charge in [-0.05, 0) is 53.4 Å². The molecule has 25 heavy (non-hydrogen) atoms. The van der Waals surface area contributed by atoms with Crippen molar-refractivity contribution in [2.24, 2.45) is 0 Å². The molecule has 2 saturated heterocycles. The lowest BCUT2D eigenvalue weighted by Crippen LogP contribution is -2.49. The van der Waals surface area contributed by atoms with E-state index in [-0.39, 0.29) is 30.3 Å². The molecule has 0 atom stereocenters. The summed E-state index contributed by atoms with van der Waals surface area (Å²) in [5.74, 6) is -0.0808. The highest BCUT2D eigenvalue weighted by Crippen LogP contribution is 2.26. The second-order valence-electron chi connectivity index (χ2n) is 8.16. The van der Waals surface area contributed by atoms with Crippen LogP contribution in [0.3, 0.4) is 0 Å². The molecule has 0 radical (unpaired) electrons. The van der Waals surface area contributed by atoms with Crippen molar-refractivity contribution in [2.75, 3.05) is 32.9 Å². The molecule has 1 N–H and O–H groups in total. The second kappa shape index (κ2) is 8.36. The molecule has 0 unspecified atom stereocenters. The normalized spacial score (nSPS) is 21.7. The van der Waals surface area contributed by atoms with E-state index >= 15 is 0 Å². The van der Waals surface area contributed by atoms with Gasteiger partial charge in [0.05, 0.1) is 5.60 Å². The molecular formula is C18H32N2O5. The average Bonchev–Trinajstić information content (AvgIpc) is 2.53. The van der Waals surface area contributed by atoms with Gasteiger partial charge in [-0.15, -0.1) is 0 Å². The second-order valence-corrected chi connectivity index (χ2v) is 8.16. The number of carbonyl (C=O) groups is 2. The van der Waals surface area contributed by atoms with Crippen LogP contribution in [0, 0.1) is 0 Å². The smallest absolute Gasteiger partial charge is 0.410 e. The first-order valence-corrected chi connectivity index (χ1v) is 9.16. The van der Waals surface area contributed by atoms with Crippen molar-refractivity contribution in [3.05, 3.63) is 0 Å². The highest BCUT2D eigenvalue weighted by Gasteiger charge is 2.35. The minimum absolute atomic E-state index is 0.0558. The molecule has 2 aliphatic rings. The number of hydrogen-bond acceptors (Lipinski definition) is 5. The number of ether oxygens (including phenoxy) is 3. The van der Waals surface area contributed by atoms with Gasteiger partial charge in [-0.2, -0.15) is 0 Å². The zero-order valence-corrected chi connectivity index (χ0v) is 15.9. The molecule has 0 aliphatic carbocycles. The van der Waals surface area contributed by atoms with Crippen molar-refractivity contribution in [1.82, 2.24) is 10.2 Å². The van der Waals surface area contributed by atoms with Crippen molar-refractivity contribution in [3.8, 4) is 0 Å². The molecule has 2 heterocycles. The molecule has 0 bridgehead atoms. The minimum Gasteiger partial charge on any atom is -0.444 e. The van der Waals surface area contributed by atoms with E-state index in [9.17, 15) is 9.59 Å². The van der Waals surface area contributed by atoms with E-state index in [1.165, 1.54) is 0 Å². The van der Waals surface area contributed by atoms with E-state index in [4.69, 9.17) is 14.2 Å². The van der Waals surface area contributed by atoms with Gasteiger partial charge in [-0.25, -0.2) is 4.79 Å². The lowest BCUT2D eigenvalue weighted by Gasteiger charge is -2.39. The van der Waals surface area contributed by atoms with Gasteiger partial charge < -0.3 is 24.4 Å². The van der Waals surface area contributed by atoms with Gasteiger partial charge >= 0.3 is 6.09 Å². The van der Waals surface area contributed by atoms with Crippen LogP contribution in [-0.2, 0) is 19.0 Å². The Hall–Kier alpha value is -1.34. The summed E-state index contributed by atoms with van der Waals surface area (Å²) in [5, 5.41) is 3.00. The average molecular weight is 356 g/mol. The third-order valence-electron chi connectivity index (χ3n) is 4.61. The first-order chi connectivity index (χ1) is 11.7. The van der Waals surface area contributed by atoms with Crippen LogP contribution >= 0.6 is 0 Å². The molecule has 2 aliphatic heterocycles. The first-order valence-electron chi connectivity index (χ1n) is 9.16. The Kier molecular flexibility index (Phi) is 6.68. The summed E-state index contributed by atoms with van der Waals surface area (Å²) in [6, 6.07) is 0.187. The fourth-order valence-corrected chi connectivity index (χ4v) is 2.98. The number of nitrogens with one attached hydrogen (secondary N) is 1. The van der Waals surface area contributed by atoms with Gasteiger partial charge in [-0.1, -0.05) is 0 Å². The van der Waals surface area contributed by atoms with Crippen LogP contribution in [0.4, 0.5) is 4.79 Å². The molecule has 0 spiro atoms. The van der Waals surface area contributed by atoms with Gasteiger partial charge in [0.2, 0.25) is 5.91 Å². The van der Waals surface area contributed by atoms with Crippen molar-refractivity contribution in [1.29, 1.82) is 0 Å². The third kappa shape index (κ3) is 6.82. The monoisotopic (exact) mass is 356 g/mol. The lowest BCUT2D eigenvalue weighted by molar-refractivity contribution is -0.137. The molecule has 144 valence electrons. The van der Waals surface area contributed by atoms with Crippen molar-refractivity contribution in [2.45, 2.75) is 70.6 Å². The van der Waals surface area contributed by atoms with Crippen LogP contribution in [0.15, 0.2) is 0 Å². The summed E-state index contributed by atoms with van der Waals surface area (Å²) in [6.45, 7) is 10.2. The summed E-state index contributed by atoms with van der Waals surface area (Å²) in [7, 11) is 0. The van der Waals surface area contributed by atoms with Gasteiger partial charge in [0.15, 0.2) is 0 Å². The van der Waals surface area contributed by atoms with Gasteiger partial charge in [-0.3, -0.25) is 4.79 Å². The fourth-order valence-electron chi connectivity index (χ4n) is 2.98. The molecule has 0 aromatic heterocycles. The maximum absolute atomic E-state index is 12.1. The number of likely N-dealkylation sites (tertiary alicyclic amines) is 1. The maximum atomic E-state index is 12.1. The largest absolute Gasteiger partial charge is 0.444 e. The van der Waals surface area contributed by atoms with Gasteiger partial charge in [0.1, 0.15) is 12.2 Å². The maximum Gasteiger partial charge on any atom is 0.410 e. The topological polar surface area (TPSA) is 77.1 Å². The first kappa shape index (κ1) is 20.0. The molecule has 0 aromatic rings. The summed E-state index contributed by atoms with van der Waals surface area (Å²) >= 11 is 0. The standard InChI is InChI=1S/C18H32N2O5/c1-17(2,3)25-16(22)20-9-7-18(4,8-10-20)24-13-15(21)19-14-5-11-23-12-6-14/h14H,5-13H2,1-4H3,(H,19,21). The number of hydrogen-bond donors (Lipinski definition) is 1. The number of amides is 2. The molecule has 0 aromatic carbocycles. The van der Waals surface area contributed by atoms with E-state index < -0.39 is 5.60 Å². The molecule has 0 saturated carbocycles. The van der Waals surface area contributed by atoms with E-state index in [1.807, 2.05) is 27.7 Å². The fraction of sp³-hybridized carbons (Fsp3) is 0.889. The van der Waals surface area contributed by atoms with Crippen molar-refractivity contribution >= 4 is 12.0 Å². The Morgan fingerprint density at radius 1 is 1.20 bits per heavy atom. The molecule has 7 nitrogen and oxygen atoms in total. The minimum atomic E-state index is -0.490. The highest BCUT2D eigenvalue weighted by molar-refractivity contribution is 5.77. The molecule has 2 rings (SSSR count). The number of piperidine rings is 1. The molecule has 2 fully saturated rings. The number of carbonyl (C=O) groups excluding carboxylic acids is 2. The van der Waals surface area contributed by atoms with E-state index in [1.54, 1.807) is 4.90 Å². The Morgan fingerprint density at radius 3 is 2.36 bits per heavy atom. The quantitative estimate of drug-likeness (QED) is 0.835. The highest BCUT2D eigenvalue weighted by atomic mass is 16.6. The molecular weight excluding hydrogens is 324 g/mol. The summed E-state index contributed by atoms with van der Waals surface area (Å²) < 4.78 is 16.6. The number of nitrogens with zero attached hydrogens (tertiary/aromatic N) is 1. The Morgan fingerprint density at radius 2 is 1.80 bits per heavy atom. The van der Waals surface area contributed by atoms with Gasteiger partial charge in [0, 0.05) is 32.3 Å². The zero-order chi connectivity index (χ0) is 18.5. The van der Waals surface area contributed by atoms with Gasteiger partial charge in [0.25, 0.3) is 0 Å². The predicted octanol–water partition coefficient (Wildman–Crippen LogP) is 2.09.